The van der Waals surface area contributed by atoms with Crippen LogP contribution in [-0.4, -0.2) is 23.3 Å². The van der Waals surface area contributed by atoms with Crippen molar-refractivity contribution in [2.75, 3.05) is 16.8 Å². The van der Waals surface area contributed by atoms with Crippen LogP contribution in [-0.2, 0) is 9.59 Å². The van der Waals surface area contributed by atoms with Crippen molar-refractivity contribution in [3.8, 4) is 0 Å². The Morgan fingerprint density at radius 1 is 1.24 bits per heavy atom. The molecule has 25 heavy (non-hydrogen) atoms. The van der Waals surface area contributed by atoms with Gasteiger partial charge in [0.2, 0.25) is 11.8 Å². The number of anilines is 2. The van der Waals surface area contributed by atoms with Crippen LogP contribution < -0.4 is 10.2 Å². The molecule has 0 spiro atoms. The molecule has 128 valence electrons. The van der Waals surface area contributed by atoms with Gasteiger partial charge in [0.05, 0.1) is 16.5 Å². The van der Waals surface area contributed by atoms with Crippen molar-refractivity contribution < 1.29 is 14.5 Å². The van der Waals surface area contributed by atoms with E-state index < -0.39 is 10.8 Å². The standard InChI is InChI=1S/C17H14IN3O4/c18-12-4-6-13(7-5-12)19-17(23)11-8-16(22)20(10-11)14-2-1-3-15(9-14)21(24)25/h1-7,9,11H,8,10H2,(H,19,23)/t11-/m0/s1. The summed E-state index contributed by atoms with van der Waals surface area (Å²) in [6, 6.07) is 13.2. The van der Waals surface area contributed by atoms with Crippen molar-refractivity contribution in [1.82, 2.24) is 0 Å². The fraction of sp³-hybridized carbons (Fsp3) is 0.176. The molecular formula is C17H14IN3O4. The summed E-state index contributed by atoms with van der Waals surface area (Å²) in [6.07, 6.45) is 0.0822. The summed E-state index contributed by atoms with van der Waals surface area (Å²) in [6.45, 7) is 0.205. The van der Waals surface area contributed by atoms with Gasteiger partial charge in [0, 0.05) is 34.4 Å². The first-order valence-corrected chi connectivity index (χ1v) is 8.63. The normalized spacial score (nSPS) is 16.8. The lowest BCUT2D eigenvalue weighted by Crippen LogP contribution is -2.28. The van der Waals surface area contributed by atoms with Gasteiger partial charge in [-0.1, -0.05) is 6.07 Å². The number of benzene rings is 2. The highest BCUT2D eigenvalue weighted by Crippen LogP contribution is 2.28. The summed E-state index contributed by atoms with van der Waals surface area (Å²) in [4.78, 5) is 36.4. The number of nitrogens with zero attached hydrogens (tertiary/aromatic N) is 2. The minimum Gasteiger partial charge on any atom is -0.326 e. The number of nitro groups is 1. The molecule has 8 heteroatoms. The average molecular weight is 451 g/mol. The number of carbonyl (C=O) groups excluding carboxylic acids is 2. The van der Waals surface area contributed by atoms with Crippen LogP contribution in [0.2, 0.25) is 0 Å². The molecule has 1 atom stereocenters. The lowest BCUT2D eigenvalue weighted by molar-refractivity contribution is -0.384. The van der Waals surface area contributed by atoms with Crippen LogP contribution in [0.25, 0.3) is 0 Å². The van der Waals surface area contributed by atoms with Crippen molar-refractivity contribution >= 4 is 51.5 Å². The predicted octanol–water partition coefficient (Wildman–Crippen LogP) is 3.19. The minimum atomic E-state index is -0.509. The number of nitrogens with one attached hydrogen (secondary N) is 1. The van der Waals surface area contributed by atoms with Gasteiger partial charge in [-0.25, -0.2) is 0 Å². The van der Waals surface area contributed by atoms with Crippen molar-refractivity contribution in [3.63, 3.8) is 0 Å². The highest BCUT2D eigenvalue weighted by Gasteiger charge is 2.35. The first-order chi connectivity index (χ1) is 11.9. The number of nitro benzene ring substituents is 1. The Labute approximate surface area is 157 Å². The predicted molar refractivity (Wildman–Crippen MR) is 101 cm³/mol. The smallest absolute Gasteiger partial charge is 0.271 e. The van der Waals surface area contributed by atoms with Gasteiger partial charge in [-0.2, -0.15) is 0 Å². The van der Waals surface area contributed by atoms with E-state index in [9.17, 15) is 19.7 Å². The minimum absolute atomic E-state index is 0.0822. The average Bonchev–Trinajstić information content (AvgIpc) is 2.99. The molecule has 2 amide bonds. The fourth-order valence-electron chi connectivity index (χ4n) is 2.68. The van der Waals surface area contributed by atoms with Crippen LogP contribution in [0.4, 0.5) is 17.1 Å². The number of non-ortho nitro benzene ring substituents is 1. The lowest BCUT2D eigenvalue weighted by atomic mass is 10.1. The molecule has 1 saturated heterocycles. The van der Waals surface area contributed by atoms with Gasteiger partial charge >= 0.3 is 0 Å². The van der Waals surface area contributed by atoms with E-state index in [1.807, 2.05) is 12.1 Å². The molecule has 1 aliphatic heterocycles. The SMILES string of the molecule is O=C(Nc1ccc(I)cc1)[C@H]1CC(=O)N(c2cccc([N+](=O)[O-])c2)C1. The van der Waals surface area contributed by atoms with Crippen LogP contribution in [0.15, 0.2) is 48.5 Å². The molecule has 7 nitrogen and oxygen atoms in total. The second kappa shape index (κ2) is 7.18. The molecule has 1 fully saturated rings. The molecule has 0 aromatic heterocycles. The fourth-order valence-corrected chi connectivity index (χ4v) is 3.04. The molecule has 1 N–H and O–H groups in total. The van der Waals surface area contributed by atoms with Gasteiger partial charge in [-0.3, -0.25) is 19.7 Å². The van der Waals surface area contributed by atoms with E-state index in [0.29, 0.717) is 11.4 Å². The summed E-state index contributed by atoms with van der Waals surface area (Å²) < 4.78 is 1.06. The Balaban J connectivity index is 1.71. The van der Waals surface area contributed by atoms with Crippen molar-refractivity contribution in [3.05, 3.63) is 62.2 Å². The zero-order valence-corrected chi connectivity index (χ0v) is 15.2. The molecular weight excluding hydrogens is 437 g/mol. The molecule has 0 bridgehead atoms. The molecule has 0 aliphatic carbocycles. The Morgan fingerprint density at radius 3 is 2.64 bits per heavy atom. The van der Waals surface area contributed by atoms with Crippen molar-refractivity contribution in [1.29, 1.82) is 0 Å². The van der Waals surface area contributed by atoms with Crippen LogP contribution in [0.5, 0.6) is 0 Å². The molecule has 3 rings (SSSR count). The number of hydrogen-bond donors (Lipinski definition) is 1. The summed E-state index contributed by atoms with van der Waals surface area (Å²) in [5.74, 6) is -0.947. The molecule has 1 aliphatic rings. The number of rotatable bonds is 4. The monoisotopic (exact) mass is 451 g/mol. The van der Waals surface area contributed by atoms with E-state index in [-0.39, 0.29) is 30.5 Å². The number of halogens is 1. The molecule has 0 unspecified atom stereocenters. The number of hydrogen-bond acceptors (Lipinski definition) is 4. The Kier molecular flexibility index (Phi) is 4.98. The van der Waals surface area contributed by atoms with E-state index >= 15 is 0 Å². The number of amides is 2. The van der Waals surface area contributed by atoms with Crippen LogP contribution in [0.3, 0.4) is 0 Å². The van der Waals surface area contributed by atoms with E-state index in [1.54, 1.807) is 18.2 Å². The molecule has 2 aromatic carbocycles. The van der Waals surface area contributed by atoms with Crippen molar-refractivity contribution in [2.24, 2.45) is 5.92 Å². The van der Waals surface area contributed by atoms with Crippen LogP contribution in [0.1, 0.15) is 6.42 Å². The van der Waals surface area contributed by atoms with E-state index in [0.717, 1.165) is 3.57 Å². The zero-order chi connectivity index (χ0) is 18.0. The van der Waals surface area contributed by atoms with Gasteiger partial charge < -0.3 is 10.2 Å². The third kappa shape index (κ3) is 3.95. The summed E-state index contributed by atoms with van der Waals surface area (Å²) in [5, 5.41) is 13.7. The Bertz CT molecular complexity index is 838. The first-order valence-electron chi connectivity index (χ1n) is 7.55. The van der Waals surface area contributed by atoms with Gasteiger partial charge in [-0.15, -0.1) is 0 Å². The second-order valence-corrected chi connectivity index (χ2v) is 6.92. The lowest BCUT2D eigenvalue weighted by Gasteiger charge is -2.16. The molecule has 0 saturated carbocycles. The molecule has 2 aromatic rings. The third-order valence-electron chi connectivity index (χ3n) is 3.96. The van der Waals surface area contributed by atoms with Gasteiger partial charge in [0.15, 0.2) is 0 Å². The van der Waals surface area contributed by atoms with Crippen LogP contribution in [0, 0.1) is 19.6 Å². The van der Waals surface area contributed by atoms with E-state index in [2.05, 4.69) is 27.9 Å². The maximum absolute atomic E-state index is 12.4. The van der Waals surface area contributed by atoms with Crippen molar-refractivity contribution in [2.45, 2.75) is 6.42 Å². The summed E-state index contributed by atoms with van der Waals surface area (Å²) in [5.41, 5.74) is 1.02. The zero-order valence-electron chi connectivity index (χ0n) is 13.0. The van der Waals surface area contributed by atoms with Gasteiger partial charge in [0.1, 0.15) is 0 Å². The topological polar surface area (TPSA) is 92.6 Å². The maximum Gasteiger partial charge on any atom is 0.271 e. The highest BCUT2D eigenvalue weighted by molar-refractivity contribution is 14.1. The quantitative estimate of drug-likeness (QED) is 0.439. The van der Waals surface area contributed by atoms with E-state index in [4.69, 9.17) is 0 Å². The summed E-state index contributed by atoms with van der Waals surface area (Å²) in [7, 11) is 0. The third-order valence-corrected chi connectivity index (χ3v) is 4.68. The Hall–Kier alpha value is -2.49. The largest absolute Gasteiger partial charge is 0.326 e. The first kappa shape index (κ1) is 17.3. The Morgan fingerprint density at radius 2 is 1.96 bits per heavy atom. The number of carbonyl (C=O) groups is 2. The van der Waals surface area contributed by atoms with E-state index in [1.165, 1.54) is 23.1 Å². The van der Waals surface area contributed by atoms with Gasteiger partial charge in [-0.05, 0) is 52.9 Å². The summed E-state index contributed by atoms with van der Waals surface area (Å²) >= 11 is 2.18. The van der Waals surface area contributed by atoms with Gasteiger partial charge in [0.25, 0.3) is 5.69 Å². The maximum atomic E-state index is 12.4. The molecule has 0 radical (unpaired) electrons. The van der Waals surface area contributed by atoms with Crippen LogP contribution >= 0.6 is 22.6 Å². The molecule has 1 heterocycles. The second-order valence-electron chi connectivity index (χ2n) is 5.68. The highest BCUT2D eigenvalue weighted by atomic mass is 127.